The molecule has 7 nitrogen and oxygen atoms in total. The molecule has 1 N–H and O–H groups in total. The molecule has 2 aliphatic heterocycles. The minimum Gasteiger partial charge on any atom is -0.491 e. The van der Waals surface area contributed by atoms with Crippen molar-refractivity contribution in [2.24, 2.45) is 7.05 Å². The first-order chi connectivity index (χ1) is 11.7. The molecule has 0 saturated carbocycles. The molecule has 1 aromatic heterocycles. The van der Waals surface area contributed by atoms with Crippen LogP contribution in [-0.2, 0) is 20.0 Å². The van der Waals surface area contributed by atoms with E-state index in [1.54, 1.807) is 6.07 Å². The van der Waals surface area contributed by atoms with Crippen molar-refractivity contribution >= 4 is 0 Å². The molecule has 24 heavy (non-hydrogen) atoms. The first-order valence-electron chi connectivity index (χ1n) is 8.11. The van der Waals surface area contributed by atoms with Gasteiger partial charge >= 0.3 is 0 Å². The first-order valence-corrected chi connectivity index (χ1v) is 8.11. The summed E-state index contributed by atoms with van der Waals surface area (Å²) >= 11 is 0. The predicted octanol–water partition coefficient (Wildman–Crippen LogP) is 0.947. The van der Waals surface area contributed by atoms with Gasteiger partial charge in [0.05, 0.1) is 12.0 Å². The summed E-state index contributed by atoms with van der Waals surface area (Å²) < 4.78 is 18.3. The van der Waals surface area contributed by atoms with Gasteiger partial charge in [-0.1, -0.05) is 0 Å². The summed E-state index contributed by atoms with van der Waals surface area (Å²) in [6, 6.07) is 5.43. The number of aliphatic hydroxyl groups is 1. The van der Waals surface area contributed by atoms with Crippen LogP contribution in [0.3, 0.4) is 0 Å². The summed E-state index contributed by atoms with van der Waals surface area (Å²) in [5, 5.41) is 10.3. The van der Waals surface area contributed by atoms with Gasteiger partial charge in [0.1, 0.15) is 18.5 Å². The summed E-state index contributed by atoms with van der Waals surface area (Å²) in [6.45, 7) is 2.75. The van der Waals surface area contributed by atoms with Gasteiger partial charge < -0.3 is 23.9 Å². The monoisotopic (exact) mass is 331 g/mol. The van der Waals surface area contributed by atoms with Crippen molar-refractivity contribution in [1.29, 1.82) is 0 Å². The van der Waals surface area contributed by atoms with E-state index in [1.807, 2.05) is 25.5 Å². The fraction of sp³-hybridized carbons (Fsp3) is 0.471. The lowest BCUT2D eigenvalue weighted by atomic mass is 10.1. The molecular weight excluding hydrogens is 310 g/mol. The van der Waals surface area contributed by atoms with Gasteiger partial charge in [0, 0.05) is 44.9 Å². The van der Waals surface area contributed by atoms with Gasteiger partial charge in [-0.2, -0.15) is 0 Å². The number of aromatic nitrogens is 2. The lowest BCUT2D eigenvalue weighted by molar-refractivity contribution is 0.0630. The number of benzene rings is 1. The van der Waals surface area contributed by atoms with Crippen molar-refractivity contribution in [2.45, 2.75) is 19.1 Å². The summed E-state index contributed by atoms with van der Waals surface area (Å²) in [5.41, 5.74) is 2.39. The predicted molar refractivity (Wildman–Crippen MR) is 86.3 cm³/mol. The third-order valence-corrected chi connectivity index (χ3v) is 4.44. The Morgan fingerprint density at radius 3 is 3.12 bits per heavy atom. The molecule has 0 saturated heterocycles. The third-order valence-electron chi connectivity index (χ3n) is 4.44. The van der Waals surface area contributed by atoms with Crippen LogP contribution in [0.15, 0.2) is 24.5 Å². The fourth-order valence-electron chi connectivity index (χ4n) is 3.18. The van der Waals surface area contributed by atoms with Gasteiger partial charge in [-0.3, -0.25) is 4.90 Å². The summed E-state index contributed by atoms with van der Waals surface area (Å²) in [7, 11) is 2.02. The van der Waals surface area contributed by atoms with E-state index >= 15 is 0 Å². The zero-order valence-electron chi connectivity index (χ0n) is 13.6. The molecule has 128 valence electrons. The van der Waals surface area contributed by atoms with Gasteiger partial charge in [0.2, 0.25) is 6.79 Å². The van der Waals surface area contributed by atoms with Gasteiger partial charge in [-0.05, 0) is 12.1 Å². The maximum absolute atomic E-state index is 10.3. The quantitative estimate of drug-likeness (QED) is 0.880. The van der Waals surface area contributed by atoms with Crippen LogP contribution >= 0.6 is 0 Å². The Morgan fingerprint density at radius 1 is 1.33 bits per heavy atom. The van der Waals surface area contributed by atoms with E-state index in [4.69, 9.17) is 14.2 Å². The van der Waals surface area contributed by atoms with Crippen molar-refractivity contribution in [1.82, 2.24) is 14.5 Å². The number of aryl methyl sites for hydroxylation is 1. The number of β-amino-alcohol motifs (C(OH)–C–C–N with tert-alkyl or cyclic N) is 1. The lowest BCUT2D eigenvalue weighted by Gasteiger charge is -2.28. The number of hydrogen-bond acceptors (Lipinski definition) is 6. The Balaban J connectivity index is 1.29. The van der Waals surface area contributed by atoms with Crippen molar-refractivity contribution in [2.75, 3.05) is 26.5 Å². The maximum Gasteiger partial charge on any atom is 0.231 e. The molecular formula is C17H21N3O4. The van der Waals surface area contributed by atoms with Crippen LogP contribution in [0.5, 0.6) is 17.2 Å². The molecule has 3 heterocycles. The standard InChI is InChI=1S/C17H21N3O4/c1-19-10-18-14-8-20(5-4-15(14)19)7-12(21)9-22-13-2-3-16-17(6-13)24-11-23-16/h2-3,6,10,12,21H,4-5,7-9,11H2,1H3/t12-/m1/s1. The van der Waals surface area contributed by atoms with Gasteiger partial charge in [0.15, 0.2) is 11.5 Å². The molecule has 4 rings (SSSR count). The minimum atomic E-state index is -0.555. The van der Waals surface area contributed by atoms with Crippen LogP contribution in [0.2, 0.25) is 0 Å². The van der Waals surface area contributed by atoms with E-state index in [0.717, 1.165) is 31.0 Å². The highest BCUT2D eigenvalue weighted by Gasteiger charge is 2.22. The van der Waals surface area contributed by atoms with E-state index in [9.17, 15) is 5.11 Å². The molecule has 0 radical (unpaired) electrons. The summed E-state index contributed by atoms with van der Waals surface area (Å²) in [6.07, 6.45) is 2.26. The molecule has 0 amide bonds. The van der Waals surface area contributed by atoms with Crippen molar-refractivity contribution < 1.29 is 19.3 Å². The average Bonchev–Trinajstić information content (AvgIpc) is 3.19. The molecule has 0 unspecified atom stereocenters. The number of nitrogens with zero attached hydrogens (tertiary/aromatic N) is 3. The highest BCUT2D eigenvalue weighted by molar-refractivity contribution is 5.46. The van der Waals surface area contributed by atoms with E-state index in [1.165, 1.54) is 5.69 Å². The average molecular weight is 331 g/mol. The molecule has 7 heteroatoms. The van der Waals surface area contributed by atoms with Crippen LogP contribution in [0.1, 0.15) is 11.4 Å². The number of aliphatic hydroxyl groups excluding tert-OH is 1. The topological polar surface area (TPSA) is 69.0 Å². The smallest absolute Gasteiger partial charge is 0.231 e. The number of hydrogen-bond donors (Lipinski definition) is 1. The number of ether oxygens (including phenoxy) is 3. The Labute approximate surface area is 140 Å². The number of fused-ring (bicyclic) bond motifs is 2. The van der Waals surface area contributed by atoms with Crippen molar-refractivity contribution in [3.8, 4) is 17.2 Å². The van der Waals surface area contributed by atoms with Crippen LogP contribution in [0.25, 0.3) is 0 Å². The third kappa shape index (κ3) is 3.05. The molecule has 2 aliphatic rings. The highest BCUT2D eigenvalue weighted by atomic mass is 16.7. The first kappa shape index (κ1) is 15.3. The molecule has 0 bridgehead atoms. The number of imidazole rings is 1. The van der Waals surface area contributed by atoms with Crippen molar-refractivity contribution in [3.05, 3.63) is 35.9 Å². The van der Waals surface area contributed by atoms with Crippen molar-refractivity contribution in [3.63, 3.8) is 0 Å². The molecule has 0 aliphatic carbocycles. The van der Waals surface area contributed by atoms with Crippen LogP contribution in [-0.4, -0.2) is 52.2 Å². The fourth-order valence-corrected chi connectivity index (χ4v) is 3.18. The largest absolute Gasteiger partial charge is 0.491 e. The molecule has 0 fully saturated rings. The minimum absolute atomic E-state index is 0.241. The second-order valence-electron chi connectivity index (χ2n) is 6.21. The Morgan fingerprint density at radius 2 is 2.21 bits per heavy atom. The van der Waals surface area contributed by atoms with E-state index in [2.05, 4.69) is 14.5 Å². The number of rotatable bonds is 5. The highest BCUT2D eigenvalue weighted by Crippen LogP contribution is 2.35. The Hall–Kier alpha value is -2.25. The molecule has 1 atom stereocenters. The van der Waals surface area contributed by atoms with Gasteiger partial charge in [-0.15, -0.1) is 0 Å². The zero-order valence-corrected chi connectivity index (χ0v) is 13.6. The zero-order chi connectivity index (χ0) is 16.5. The van der Waals surface area contributed by atoms with Gasteiger partial charge in [-0.25, -0.2) is 4.98 Å². The Kier molecular flexibility index (Phi) is 4.03. The van der Waals surface area contributed by atoms with Crippen LogP contribution in [0.4, 0.5) is 0 Å². The lowest BCUT2D eigenvalue weighted by Crippen LogP contribution is -2.39. The summed E-state index contributed by atoms with van der Waals surface area (Å²) in [5.74, 6) is 2.08. The normalized spacial score (nSPS) is 17.6. The Bertz CT molecular complexity index is 731. The maximum atomic E-state index is 10.3. The SMILES string of the molecule is Cn1cnc2c1CCN(C[C@@H](O)COc1ccc3c(c1)OCO3)C2. The van der Waals surface area contributed by atoms with Crippen LogP contribution in [0, 0.1) is 0 Å². The summed E-state index contributed by atoms with van der Waals surface area (Å²) in [4.78, 5) is 6.63. The second-order valence-corrected chi connectivity index (χ2v) is 6.21. The molecule has 1 aromatic carbocycles. The van der Waals surface area contributed by atoms with Gasteiger partial charge in [0.25, 0.3) is 0 Å². The van der Waals surface area contributed by atoms with E-state index in [0.29, 0.717) is 18.0 Å². The molecule has 0 spiro atoms. The van der Waals surface area contributed by atoms with Crippen LogP contribution < -0.4 is 14.2 Å². The van der Waals surface area contributed by atoms with E-state index in [-0.39, 0.29) is 13.4 Å². The molecule has 2 aromatic rings. The second kappa shape index (κ2) is 6.33. The van der Waals surface area contributed by atoms with E-state index < -0.39 is 6.10 Å².